The van der Waals surface area contributed by atoms with Gasteiger partial charge in [-0.25, -0.2) is 9.18 Å². The number of imide groups is 1. The molecular formula is C16H16FN3O2. The van der Waals surface area contributed by atoms with Crippen LogP contribution < -0.4 is 0 Å². The maximum Gasteiger partial charge on any atom is 0.327 e. The minimum absolute atomic E-state index is 0.0847. The zero-order valence-corrected chi connectivity index (χ0v) is 12.1. The predicted octanol–water partition coefficient (Wildman–Crippen LogP) is 2.40. The van der Waals surface area contributed by atoms with Gasteiger partial charge in [-0.3, -0.25) is 9.69 Å². The van der Waals surface area contributed by atoms with Crippen molar-refractivity contribution < 1.29 is 14.0 Å². The molecule has 0 N–H and O–H groups in total. The number of nitriles is 1. The second-order valence-corrected chi connectivity index (χ2v) is 5.75. The molecular weight excluding hydrogens is 285 g/mol. The Balaban J connectivity index is 1.76. The summed E-state index contributed by atoms with van der Waals surface area (Å²) in [7, 11) is 0. The summed E-state index contributed by atoms with van der Waals surface area (Å²) in [5.41, 5.74) is 0.460. The summed E-state index contributed by atoms with van der Waals surface area (Å²) in [6, 6.07) is 5.71. The first-order valence-electron chi connectivity index (χ1n) is 7.39. The third-order valence-corrected chi connectivity index (χ3v) is 4.36. The van der Waals surface area contributed by atoms with E-state index in [1.165, 1.54) is 12.1 Å². The standard InChI is InChI=1S/C16H16FN3O2/c17-14-7-11(8-18)5-6-12(14)9-20-15(21)10-19(16(20)22)13-3-1-2-4-13/h5-7,13H,1-4,9-10H2. The van der Waals surface area contributed by atoms with Gasteiger partial charge in [-0.2, -0.15) is 5.26 Å². The molecule has 1 aliphatic heterocycles. The van der Waals surface area contributed by atoms with Crippen molar-refractivity contribution >= 4 is 11.9 Å². The Morgan fingerprint density at radius 2 is 2.00 bits per heavy atom. The molecule has 114 valence electrons. The molecule has 22 heavy (non-hydrogen) atoms. The van der Waals surface area contributed by atoms with Gasteiger partial charge in [-0.15, -0.1) is 0 Å². The predicted molar refractivity (Wildman–Crippen MR) is 76.0 cm³/mol. The van der Waals surface area contributed by atoms with Gasteiger partial charge in [-0.1, -0.05) is 18.9 Å². The van der Waals surface area contributed by atoms with E-state index in [1.54, 1.807) is 4.90 Å². The number of amides is 3. The number of carbonyl (C=O) groups excluding carboxylic acids is 2. The Labute approximate surface area is 127 Å². The molecule has 6 heteroatoms. The summed E-state index contributed by atoms with van der Waals surface area (Å²) in [5.74, 6) is -0.861. The van der Waals surface area contributed by atoms with Gasteiger partial charge in [0.05, 0.1) is 18.2 Å². The number of urea groups is 1. The van der Waals surface area contributed by atoms with Crippen molar-refractivity contribution in [3.8, 4) is 6.07 Å². The lowest BCUT2D eigenvalue weighted by Gasteiger charge is -2.23. The number of halogens is 1. The Bertz CT molecular complexity index is 662. The number of hydrogen-bond acceptors (Lipinski definition) is 3. The molecule has 1 saturated heterocycles. The lowest BCUT2D eigenvalue weighted by atomic mass is 10.1. The van der Waals surface area contributed by atoms with Gasteiger partial charge in [0, 0.05) is 11.6 Å². The molecule has 0 radical (unpaired) electrons. The number of carbonyl (C=O) groups is 2. The first-order valence-corrected chi connectivity index (χ1v) is 7.39. The number of nitrogens with zero attached hydrogens (tertiary/aromatic N) is 3. The molecule has 0 atom stereocenters. The minimum Gasteiger partial charge on any atom is -0.312 e. The summed E-state index contributed by atoms with van der Waals surface area (Å²) in [6.45, 7) is -0.000172. The van der Waals surface area contributed by atoms with Gasteiger partial charge in [-0.05, 0) is 25.0 Å². The topological polar surface area (TPSA) is 64.4 Å². The van der Waals surface area contributed by atoms with Gasteiger partial charge in [0.2, 0.25) is 0 Å². The zero-order chi connectivity index (χ0) is 15.7. The van der Waals surface area contributed by atoms with Crippen molar-refractivity contribution in [3.05, 3.63) is 35.1 Å². The van der Waals surface area contributed by atoms with Crippen LogP contribution in [0.25, 0.3) is 0 Å². The van der Waals surface area contributed by atoms with E-state index in [-0.39, 0.29) is 42.2 Å². The number of rotatable bonds is 3. The SMILES string of the molecule is N#Cc1ccc(CN2C(=O)CN(C3CCCC3)C2=O)c(F)c1. The van der Waals surface area contributed by atoms with Crippen LogP contribution in [0.15, 0.2) is 18.2 Å². The lowest BCUT2D eigenvalue weighted by molar-refractivity contribution is -0.125. The zero-order valence-electron chi connectivity index (χ0n) is 12.1. The molecule has 0 bridgehead atoms. The van der Waals surface area contributed by atoms with E-state index in [2.05, 4.69) is 0 Å². The molecule has 1 aromatic carbocycles. The highest BCUT2D eigenvalue weighted by Crippen LogP contribution is 2.28. The molecule has 1 saturated carbocycles. The normalized spacial score (nSPS) is 19.1. The molecule has 0 unspecified atom stereocenters. The molecule has 0 spiro atoms. The largest absolute Gasteiger partial charge is 0.327 e. The Morgan fingerprint density at radius 3 is 2.64 bits per heavy atom. The van der Waals surface area contributed by atoms with Gasteiger partial charge in [0.25, 0.3) is 5.91 Å². The van der Waals surface area contributed by atoms with E-state index < -0.39 is 5.82 Å². The first kappa shape index (κ1) is 14.5. The van der Waals surface area contributed by atoms with Crippen LogP contribution in [0, 0.1) is 17.1 Å². The summed E-state index contributed by atoms with van der Waals surface area (Å²) in [5, 5.41) is 8.74. The van der Waals surface area contributed by atoms with Gasteiger partial charge >= 0.3 is 6.03 Å². The fraction of sp³-hybridized carbons (Fsp3) is 0.438. The number of benzene rings is 1. The van der Waals surface area contributed by atoms with Crippen LogP contribution in [-0.4, -0.2) is 34.3 Å². The van der Waals surface area contributed by atoms with Crippen LogP contribution in [0.2, 0.25) is 0 Å². The Hall–Kier alpha value is -2.42. The summed E-state index contributed by atoms with van der Waals surface area (Å²) >= 11 is 0. The van der Waals surface area contributed by atoms with Crippen molar-refractivity contribution in [1.29, 1.82) is 5.26 Å². The molecule has 1 aliphatic carbocycles. The lowest BCUT2D eigenvalue weighted by Crippen LogP contribution is -2.37. The second kappa shape index (κ2) is 5.76. The van der Waals surface area contributed by atoms with Crippen LogP contribution in [0.1, 0.15) is 36.8 Å². The highest BCUT2D eigenvalue weighted by Gasteiger charge is 2.40. The third-order valence-electron chi connectivity index (χ3n) is 4.36. The van der Waals surface area contributed by atoms with Crippen molar-refractivity contribution in [1.82, 2.24) is 9.80 Å². The Morgan fingerprint density at radius 1 is 1.27 bits per heavy atom. The monoisotopic (exact) mass is 301 g/mol. The Kier molecular flexibility index (Phi) is 3.80. The van der Waals surface area contributed by atoms with Crippen LogP contribution >= 0.6 is 0 Å². The summed E-state index contributed by atoms with van der Waals surface area (Å²) < 4.78 is 13.9. The highest BCUT2D eigenvalue weighted by atomic mass is 19.1. The van der Waals surface area contributed by atoms with E-state index >= 15 is 0 Å². The highest BCUT2D eigenvalue weighted by molar-refractivity contribution is 6.02. The van der Waals surface area contributed by atoms with Crippen molar-refractivity contribution in [3.63, 3.8) is 0 Å². The quantitative estimate of drug-likeness (QED) is 0.805. The van der Waals surface area contributed by atoms with Crippen LogP contribution in [0.4, 0.5) is 9.18 Å². The molecule has 5 nitrogen and oxygen atoms in total. The molecule has 1 aromatic rings. The van der Waals surface area contributed by atoms with E-state index in [0.29, 0.717) is 0 Å². The maximum absolute atomic E-state index is 13.9. The van der Waals surface area contributed by atoms with E-state index in [9.17, 15) is 14.0 Å². The molecule has 3 amide bonds. The van der Waals surface area contributed by atoms with Crippen molar-refractivity contribution in [2.24, 2.45) is 0 Å². The number of hydrogen-bond donors (Lipinski definition) is 0. The van der Waals surface area contributed by atoms with Gasteiger partial charge < -0.3 is 4.90 Å². The van der Waals surface area contributed by atoms with Crippen LogP contribution in [-0.2, 0) is 11.3 Å². The maximum atomic E-state index is 13.9. The molecule has 3 rings (SSSR count). The average molecular weight is 301 g/mol. The summed E-state index contributed by atoms with van der Waals surface area (Å²) in [4.78, 5) is 27.2. The van der Waals surface area contributed by atoms with Crippen LogP contribution in [0.5, 0.6) is 0 Å². The van der Waals surface area contributed by atoms with E-state index in [0.717, 1.165) is 36.6 Å². The molecule has 2 aliphatic rings. The average Bonchev–Trinajstić information content (AvgIpc) is 3.12. The van der Waals surface area contributed by atoms with Gasteiger partial charge in [0.15, 0.2) is 0 Å². The first-order chi connectivity index (χ1) is 10.6. The fourth-order valence-electron chi connectivity index (χ4n) is 3.13. The van der Waals surface area contributed by atoms with Gasteiger partial charge in [0.1, 0.15) is 12.4 Å². The second-order valence-electron chi connectivity index (χ2n) is 5.75. The fourth-order valence-corrected chi connectivity index (χ4v) is 3.13. The smallest absolute Gasteiger partial charge is 0.312 e. The van der Waals surface area contributed by atoms with Crippen LogP contribution in [0.3, 0.4) is 0 Å². The van der Waals surface area contributed by atoms with Crippen molar-refractivity contribution in [2.45, 2.75) is 38.3 Å². The molecule has 1 heterocycles. The molecule has 2 fully saturated rings. The van der Waals surface area contributed by atoms with Crippen molar-refractivity contribution in [2.75, 3.05) is 6.54 Å². The summed E-state index contributed by atoms with van der Waals surface area (Å²) in [6.07, 6.45) is 4.01. The van der Waals surface area contributed by atoms with E-state index in [4.69, 9.17) is 5.26 Å². The third kappa shape index (κ3) is 2.54. The van der Waals surface area contributed by atoms with E-state index in [1.807, 2.05) is 6.07 Å². The molecule has 0 aromatic heterocycles. The minimum atomic E-state index is -0.570.